The van der Waals surface area contributed by atoms with E-state index in [2.05, 4.69) is 15.0 Å². The van der Waals surface area contributed by atoms with Crippen LogP contribution >= 0.6 is 0 Å². The summed E-state index contributed by atoms with van der Waals surface area (Å²) in [4.78, 5) is 34.0. The third-order valence-electron chi connectivity index (χ3n) is 7.47. The average molecular weight is 637 g/mol. The van der Waals surface area contributed by atoms with Crippen molar-refractivity contribution in [1.29, 1.82) is 0 Å². The molecule has 44 heavy (non-hydrogen) atoms. The number of nitrogens with zero attached hydrogens (tertiary/aromatic N) is 4. The lowest BCUT2D eigenvalue weighted by Gasteiger charge is -2.36. The Morgan fingerprint density at radius 3 is 2.59 bits per heavy atom. The zero-order valence-electron chi connectivity index (χ0n) is 26.8. The number of aliphatic hydroxyl groups excluding tert-OH is 1. The highest BCUT2D eigenvalue weighted by molar-refractivity contribution is 7.92. The zero-order chi connectivity index (χ0) is 32.6. The van der Waals surface area contributed by atoms with Crippen molar-refractivity contribution in [3.8, 4) is 5.75 Å². The van der Waals surface area contributed by atoms with Gasteiger partial charge in [0.25, 0.3) is 15.9 Å². The van der Waals surface area contributed by atoms with Crippen LogP contribution in [0.15, 0.2) is 35.7 Å². The Balaban J connectivity index is 1.98. The molecule has 1 aromatic heterocycles. The third kappa shape index (κ3) is 9.57. The predicted molar refractivity (Wildman–Crippen MR) is 167 cm³/mol. The number of carbonyl (C=O) groups is 2. The molecule has 1 aliphatic heterocycles. The van der Waals surface area contributed by atoms with E-state index in [1.165, 1.54) is 23.2 Å². The summed E-state index contributed by atoms with van der Waals surface area (Å²) in [6, 6.07) is 3.79. The van der Waals surface area contributed by atoms with Crippen LogP contribution in [0.3, 0.4) is 0 Å². The molecule has 0 spiro atoms. The monoisotopic (exact) mass is 636 g/mol. The predicted octanol–water partition coefficient (Wildman–Crippen LogP) is 3.07. The number of ether oxygens (including phenoxy) is 2. The fourth-order valence-corrected chi connectivity index (χ4v) is 5.93. The number of urea groups is 1. The highest BCUT2D eigenvalue weighted by atomic mass is 32.2. The Morgan fingerprint density at radius 1 is 1.23 bits per heavy atom. The van der Waals surface area contributed by atoms with E-state index in [1.807, 2.05) is 27.7 Å². The lowest BCUT2D eigenvalue weighted by Crippen LogP contribution is -2.49. The van der Waals surface area contributed by atoms with E-state index in [4.69, 9.17) is 9.47 Å². The molecule has 3 rings (SSSR count). The fraction of sp³-hybridized carbons (Fsp3) is 0.633. The SMILES string of the molecule is CC(C)NC(=O)N(C)C[C@@H]1OCCCC[C@H](C)Oc2ccc(NS(=O)(=O)c3cn(C)cn3)cc2C(=O)N([C@@H](C)CO)C[C@@H]1C. The van der Waals surface area contributed by atoms with Gasteiger partial charge in [-0.05, 0) is 65.2 Å². The maximum atomic E-state index is 14.2. The van der Waals surface area contributed by atoms with Gasteiger partial charge in [-0.3, -0.25) is 9.52 Å². The van der Waals surface area contributed by atoms with E-state index >= 15 is 0 Å². The Hall–Kier alpha value is -3.36. The second-order valence-corrected chi connectivity index (χ2v) is 13.6. The van der Waals surface area contributed by atoms with E-state index in [1.54, 1.807) is 43.0 Å². The van der Waals surface area contributed by atoms with E-state index in [9.17, 15) is 23.1 Å². The largest absolute Gasteiger partial charge is 0.490 e. The summed E-state index contributed by atoms with van der Waals surface area (Å²) in [6.07, 6.45) is 4.47. The first-order valence-electron chi connectivity index (χ1n) is 15.1. The number of benzene rings is 1. The molecule has 0 saturated carbocycles. The van der Waals surface area contributed by atoms with Crippen molar-refractivity contribution in [2.24, 2.45) is 13.0 Å². The van der Waals surface area contributed by atoms with Crippen LogP contribution in [0, 0.1) is 5.92 Å². The number of fused-ring (bicyclic) bond motifs is 1. The van der Waals surface area contributed by atoms with Gasteiger partial charge >= 0.3 is 6.03 Å². The molecule has 1 aliphatic rings. The van der Waals surface area contributed by atoms with Crippen LogP contribution < -0.4 is 14.8 Å². The number of hydrogen-bond acceptors (Lipinski definition) is 8. The minimum atomic E-state index is -4.01. The summed E-state index contributed by atoms with van der Waals surface area (Å²) in [5.41, 5.74) is 0.331. The van der Waals surface area contributed by atoms with Gasteiger partial charge in [-0.1, -0.05) is 6.92 Å². The van der Waals surface area contributed by atoms with Crippen molar-refractivity contribution in [3.63, 3.8) is 0 Å². The number of likely N-dealkylation sites (N-methyl/N-ethyl adjacent to an activating group) is 1. The number of carbonyl (C=O) groups excluding carboxylic acids is 2. The number of anilines is 1. The van der Waals surface area contributed by atoms with Crippen LogP contribution in [0.5, 0.6) is 5.75 Å². The molecule has 0 radical (unpaired) electrons. The molecule has 4 atom stereocenters. The number of rotatable bonds is 8. The maximum absolute atomic E-state index is 14.2. The molecule has 14 heteroatoms. The first-order chi connectivity index (χ1) is 20.7. The average Bonchev–Trinajstić information content (AvgIpc) is 3.41. The number of nitrogens with one attached hydrogen (secondary N) is 2. The van der Waals surface area contributed by atoms with Crippen molar-refractivity contribution in [1.82, 2.24) is 24.7 Å². The molecule has 3 amide bonds. The quantitative estimate of drug-likeness (QED) is 0.399. The van der Waals surface area contributed by atoms with Crippen molar-refractivity contribution >= 4 is 27.6 Å². The van der Waals surface area contributed by atoms with E-state index in [-0.39, 0.29) is 59.6 Å². The first kappa shape index (κ1) is 35.1. The van der Waals surface area contributed by atoms with Crippen molar-refractivity contribution < 1.29 is 32.6 Å². The summed E-state index contributed by atoms with van der Waals surface area (Å²) >= 11 is 0. The Labute approximate surface area is 261 Å². The summed E-state index contributed by atoms with van der Waals surface area (Å²) in [6.45, 7) is 10.1. The second-order valence-electron chi connectivity index (χ2n) is 12.0. The van der Waals surface area contributed by atoms with Crippen LogP contribution in [0.4, 0.5) is 10.5 Å². The minimum Gasteiger partial charge on any atom is -0.490 e. The molecule has 0 aliphatic carbocycles. The molecule has 1 aromatic carbocycles. The zero-order valence-corrected chi connectivity index (χ0v) is 27.6. The molecule has 0 saturated heterocycles. The van der Waals surface area contributed by atoms with Crippen LogP contribution in [0.1, 0.15) is 64.2 Å². The molecule has 13 nitrogen and oxygen atoms in total. The lowest BCUT2D eigenvalue weighted by molar-refractivity contribution is -0.0122. The molecular formula is C30H48N6O7S. The number of imidazole rings is 1. The number of hydrogen-bond donors (Lipinski definition) is 3. The molecule has 0 bridgehead atoms. The molecule has 2 aromatic rings. The number of aromatic nitrogens is 2. The summed E-state index contributed by atoms with van der Waals surface area (Å²) in [5, 5.41) is 12.9. The highest BCUT2D eigenvalue weighted by Crippen LogP contribution is 2.29. The van der Waals surface area contributed by atoms with Crippen LogP contribution in [-0.2, 0) is 21.8 Å². The molecule has 0 unspecified atom stereocenters. The van der Waals surface area contributed by atoms with Gasteiger partial charge in [0.2, 0.25) is 0 Å². The molecule has 246 valence electrons. The van der Waals surface area contributed by atoms with E-state index < -0.39 is 22.0 Å². The number of sulfonamides is 1. The standard InChI is InChI=1S/C30H48N6O7S/c1-20(2)32-30(39)35(7)16-27-21(3)15-36(22(4)18-37)29(38)25-14-24(33-44(40,41)28-17-34(6)19-31-28)11-12-26(25)43-23(5)10-8-9-13-42-27/h11-12,14,17,19-23,27,33,37H,8-10,13,15-16,18H2,1-7H3,(H,32,39)/t21-,22-,23-,27-/m0/s1. The van der Waals surface area contributed by atoms with Crippen molar-refractivity contribution in [3.05, 3.63) is 36.3 Å². The van der Waals surface area contributed by atoms with E-state index in [0.29, 0.717) is 25.3 Å². The van der Waals surface area contributed by atoms with Crippen molar-refractivity contribution in [2.45, 2.75) is 83.2 Å². The normalized spacial score (nSPS) is 21.2. The summed E-state index contributed by atoms with van der Waals surface area (Å²) < 4.78 is 42.5. The van der Waals surface area contributed by atoms with Gasteiger partial charge in [0.05, 0.1) is 36.7 Å². The van der Waals surface area contributed by atoms with Gasteiger partial charge in [-0.15, -0.1) is 0 Å². The molecule has 3 N–H and O–H groups in total. The van der Waals surface area contributed by atoms with Crippen molar-refractivity contribution in [2.75, 3.05) is 38.1 Å². The molecule has 2 heterocycles. The van der Waals surface area contributed by atoms with E-state index in [0.717, 1.165) is 12.8 Å². The number of aryl methyl sites for hydroxylation is 1. The summed E-state index contributed by atoms with van der Waals surface area (Å²) in [5.74, 6) is -0.332. The van der Waals surface area contributed by atoms with Gasteiger partial charge in [0.15, 0.2) is 5.03 Å². The topological polar surface area (TPSA) is 155 Å². The van der Waals surface area contributed by atoms with Gasteiger partial charge < -0.3 is 34.3 Å². The number of aliphatic hydroxyl groups is 1. The van der Waals surface area contributed by atoms with Gasteiger partial charge in [0, 0.05) is 57.6 Å². The van der Waals surface area contributed by atoms with Gasteiger partial charge in [-0.25, -0.2) is 9.78 Å². The molecular weight excluding hydrogens is 588 g/mol. The smallest absolute Gasteiger partial charge is 0.317 e. The highest BCUT2D eigenvalue weighted by Gasteiger charge is 2.31. The Bertz CT molecular complexity index is 1370. The van der Waals surface area contributed by atoms with Gasteiger partial charge in [0.1, 0.15) is 5.75 Å². The van der Waals surface area contributed by atoms with Crippen LogP contribution in [-0.4, -0.2) is 102 Å². The Kier molecular flexibility index (Phi) is 12.4. The second kappa shape index (κ2) is 15.6. The molecule has 0 fully saturated rings. The Morgan fingerprint density at radius 2 is 1.95 bits per heavy atom. The minimum absolute atomic E-state index is 0.0200. The van der Waals surface area contributed by atoms with Gasteiger partial charge in [-0.2, -0.15) is 8.42 Å². The number of amides is 3. The van der Waals surface area contributed by atoms with Crippen LogP contribution in [0.2, 0.25) is 0 Å². The van der Waals surface area contributed by atoms with Crippen LogP contribution in [0.25, 0.3) is 0 Å². The maximum Gasteiger partial charge on any atom is 0.317 e. The third-order valence-corrected chi connectivity index (χ3v) is 8.74. The summed E-state index contributed by atoms with van der Waals surface area (Å²) in [7, 11) is -0.637. The lowest BCUT2D eigenvalue weighted by atomic mass is 10.0. The first-order valence-corrected chi connectivity index (χ1v) is 16.6. The fourth-order valence-electron chi connectivity index (χ4n) is 4.89.